The molecule has 2 aliphatic rings. The minimum Gasteiger partial charge on any atom is -0.314 e. The second kappa shape index (κ2) is 8.27. The molecule has 0 bridgehead atoms. The summed E-state index contributed by atoms with van der Waals surface area (Å²) in [6.07, 6.45) is 9.19. The summed E-state index contributed by atoms with van der Waals surface area (Å²) in [5, 5.41) is 7.28. The van der Waals surface area contributed by atoms with Gasteiger partial charge in [0, 0.05) is 16.8 Å². The van der Waals surface area contributed by atoms with E-state index in [1.807, 2.05) is 0 Å². The van der Waals surface area contributed by atoms with Crippen molar-refractivity contribution >= 4 is 34.8 Å². The number of carbonyl (C=O) groups is 1. The number of fused-ring (bicyclic) bond motifs is 1. The molecular weight excluding hydrogens is 318 g/mol. The Bertz CT molecular complexity index is 480. The molecule has 1 aliphatic carbocycles. The molecule has 1 amide bonds. The molecule has 0 spiro atoms. The number of hydrogen-bond donors (Lipinski definition) is 2. The van der Waals surface area contributed by atoms with Gasteiger partial charge in [-0.05, 0) is 52.0 Å². The molecule has 0 unspecified atom stereocenters. The first-order valence-electron chi connectivity index (χ1n) is 8.25. The van der Waals surface area contributed by atoms with Crippen molar-refractivity contribution in [3.63, 3.8) is 0 Å². The largest absolute Gasteiger partial charge is 0.314 e. The van der Waals surface area contributed by atoms with Crippen LogP contribution in [0.3, 0.4) is 0 Å². The number of amides is 1. The summed E-state index contributed by atoms with van der Waals surface area (Å²) in [6, 6.07) is 0.436. The predicted molar refractivity (Wildman–Crippen MR) is 94.1 cm³/mol. The number of hydrogen-bond acceptors (Lipinski definition) is 4. The summed E-state index contributed by atoms with van der Waals surface area (Å²) in [6.45, 7) is 3.09. The molecule has 1 fully saturated rings. The van der Waals surface area contributed by atoms with E-state index in [-0.39, 0.29) is 24.2 Å². The smallest absolute Gasteiger partial charge is 0.229 e. The van der Waals surface area contributed by atoms with Crippen molar-refractivity contribution in [1.29, 1.82) is 0 Å². The first-order chi connectivity index (χ1) is 10.2. The Morgan fingerprint density at radius 3 is 2.82 bits per heavy atom. The Hall–Kier alpha value is -0.650. The zero-order chi connectivity index (χ0) is 14.7. The highest BCUT2D eigenvalue weighted by Crippen LogP contribution is 2.29. The van der Waals surface area contributed by atoms with Crippen LogP contribution in [-0.2, 0) is 17.6 Å². The lowest BCUT2D eigenvalue weighted by Gasteiger charge is -2.26. The number of piperidine rings is 1. The van der Waals surface area contributed by atoms with Crippen LogP contribution in [0.2, 0.25) is 0 Å². The third-order valence-corrected chi connectivity index (χ3v) is 5.64. The molecule has 22 heavy (non-hydrogen) atoms. The Balaban J connectivity index is 0.00000176. The quantitative estimate of drug-likeness (QED) is 0.863. The van der Waals surface area contributed by atoms with E-state index in [1.54, 1.807) is 11.3 Å². The highest BCUT2D eigenvalue weighted by Gasteiger charge is 2.25. The van der Waals surface area contributed by atoms with E-state index in [2.05, 4.69) is 22.5 Å². The van der Waals surface area contributed by atoms with Crippen LogP contribution in [0.5, 0.6) is 0 Å². The van der Waals surface area contributed by atoms with E-state index >= 15 is 0 Å². The fourth-order valence-corrected chi connectivity index (χ4v) is 4.39. The van der Waals surface area contributed by atoms with Crippen molar-refractivity contribution in [2.75, 3.05) is 11.9 Å². The van der Waals surface area contributed by atoms with E-state index in [0.717, 1.165) is 37.4 Å². The van der Waals surface area contributed by atoms with Crippen molar-refractivity contribution in [2.24, 2.45) is 5.92 Å². The maximum atomic E-state index is 12.4. The molecule has 1 aliphatic heterocycles. The predicted octanol–water partition coefficient (Wildman–Crippen LogP) is 3.55. The number of nitrogens with one attached hydrogen (secondary N) is 2. The van der Waals surface area contributed by atoms with E-state index in [1.165, 1.54) is 36.3 Å². The fourth-order valence-electron chi connectivity index (χ4n) is 3.34. The standard InChI is InChI=1S/C16H25N3OS.ClH/c1-11-10-12(8-9-17-11)15(20)19-16-18-13-6-4-2-3-5-7-14(13)21-16;/h11-12,17H,2-10H2,1H3,(H,18,19,20);1H/t11-,12-;/m0./s1. The van der Waals surface area contributed by atoms with Crippen LogP contribution < -0.4 is 10.6 Å². The number of halogens is 1. The van der Waals surface area contributed by atoms with Gasteiger partial charge in [-0.25, -0.2) is 4.98 Å². The second-order valence-corrected chi connectivity index (χ2v) is 7.45. The van der Waals surface area contributed by atoms with Crippen LogP contribution in [-0.4, -0.2) is 23.5 Å². The Kier molecular flexibility index (Phi) is 6.66. The third-order valence-electron chi connectivity index (χ3n) is 4.57. The van der Waals surface area contributed by atoms with Gasteiger partial charge in [-0.15, -0.1) is 23.7 Å². The summed E-state index contributed by atoms with van der Waals surface area (Å²) in [7, 11) is 0. The van der Waals surface area contributed by atoms with Crippen LogP contribution in [0.1, 0.15) is 56.0 Å². The molecule has 2 heterocycles. The van der Waals surface area contributed by atoms with Crippen molar-refractivity contribution in [1.82, 2.24) is 10.3 Å². The molecule has 124 valence electrons. The molecule has 0 saturated carbocycles. The normalized spacial score (nSPS) is 25.3. The summed E-state index contributed by atoms with van der Waals surface area (Å²) >= 11 is 1.69. The monoisotopic (exact) mass is 343 g/mol. The number of carbonyl (C=O) groups excluding carboxylic acids is 1. The summed E-state index contributed by atoms with van der Waals surface area (Å²) in [5.41, 5.74) is 1.23. The van der Waals surface area contributed by atoms with Crippen LogP contribution in [0.25, 0.3) is 0 Å². The van der Waals surface area contributed by atoms with Gasteiger partial charge in [0.1, 0.15) is 0 Å². The molecule has 1 aromatic heterocycles. The molecule has 2 N–H and O–H groups in total. The molecule has 6 heteroatoms. The number of thiazole rings is 1. The highest BCUT2D eigenvalue weighted by atomic mass is 35.5. The Morgan fingerprint density at radius 2 is 2.05 bits per heavy atom. The second-order valence-electron chi connectivity index (χ2n) is 6.37. The van der Waals surface area contributed by atoms with Gasteiger partial charge >= 0.3 is 0 Å². The molecule has 0 radical (unpaired) electrons. The lowest BCUT2D eigenvalue weighted by Crippen LogP contribution is -2.40. The van der Waals surface area contributed by atoms with Gasteiger partial charge in [-0.1, -0.05) is 12.8 Å². The summed E-state index contributed by atoms with van der Waals surface area (Å²) in [4.78, 5) is 18.5. The molecule has 0 aromatic carbocycles. The molecule has 1 aromatic rings. The van der Waals surface area contributed by atoms with Crippen LogP contribution in [0.4, 0.5) is 5.13 Å². The van der Waals surface area contributed by atoms with Crippen molar-refractivity contribution in [3.05, 3.63) is 10.6 Å². The Labute approximate surface area is 142 Å². The molecule has 2 atom stereocenters. The SMILES string of the molecule is C[C@H]1C[C@@H](C(=O)Nc2nc3c(s2)CCCCCC3)CCN1.Cl. The number of aryl methyl sites for hydroxylation is 2. The lowest BCUT2D eigenvalue weighted by atomic mass is 9.92. The van der Waals surface area contributed by atoms with Crippen LogP contribution in [0, 0.1) is 5.92 Å². The molecule has 3 rings (SSSR count). The van der Waals surface area contributed by atoms with E-state index < -0.39 is 0 Å². The summed E-state index contributed by atoms with van der Waals surface area (Å²) < 4.78 is 0. The third kappa shape index (κ3) is 4.43. The van der Waals surface area contributed by atoms with Crippen molar-refractivity contribution < 1.29 is 4.79 Å². The van der Waals surface area contributed by atoms with Crippen LogP contribution in [0.15, 0.2) is 0 Å². The molecular formula is C16H26ClN3OS. The number of nitrogens with zero attached hydrogens (tertiary/aromatic N) is 1. The van der Waals surface area contributed by atoms with Gasteiger partial charge in [-0.3, -0.25) is 4.79 Å². The Morgan fingerprint density at radius 1 is 1.27 bits per heavy atom. The first-order valence-corrected chi connectivity index (χ1v) is 9.07. The zero-order valence-electron chi connectivity index (χ0n) is 13.2. The minimum absolute atomic E-state index is 0. The van der Waals surface area contributed by atoms with Gasteiger partial charge in [0.25, 0.3) is 0 Å². The van der Waals surface area contributed by atoms with Crippen molar-refractivity contribution in [2.45, 2.75) is 64.3 Å². The van der Waals surface area contributed by atoms with E-state index in [0.29, 0.717) is 6.04 Å². The zero-order valence-corrected chi connectivity index (χ0v) is 14.8. The molecule has 1 saturated heterocycles. The van der Waals surface area contributed by atoms with Crippen LogP contribution >= 0.6 is 23.7 Å². The fraction of sp³-hybridized carbons (Fsp3) is 0.750. The first kappa shape index (κ1) is 17.7. The lowest BCUT2D eigenvalue weighted by molar-refractivity contribution is -0.120. The van der Waals surface area contributed by atoms with Crippen molar-refractivity contribution in [3.8, 4) is 0 Å². The number of rotatable bonds is 2. The maximum absolute atomic E-state index is 12.4. The van der Waals surface area contributed by atoms with Gasteiger partial charge < -0.3 is 10.6 Å². The van der Waals surface area contributed by atoms with Gasteiger partial charge in [0.05, 0.1) is 5.69 Å². The van der Waals surface area contributed by atoms with Gasteiger partial charge in [0.2, 0.25) is 5.91 Å². The average Bonchev–Trinajstić information content (AvgIpc) is 2.80. The minimum atomic E-state index is 0. The van der Waals surface area contributed by atoms with Gasteiger partial charge in [0.15, 0.2) is 5.13 Å². The molecule has 4 nitrogen and oxygen atoms in total. The number of aromatic nitrogens is 1. The topological polar surface area (TPSA) is 54.0 Å². The summed E-state index contributed by atoms with van der Waals surface area (Å²) in [5.74, 6) is 0.290. The van der Waals surface area contributed by atoms with E-state index in [4.69, 9.17) is 0 Å². The highest BCUT2D eigenvalue weighted by molar-refractivity contribution is 7.15. The maximum Gasteiger partial charge on any atom is 0.229 e. The average molecular weight is 344 g/mol. The van der Waals surface area contributed by atoms with Gasteiger partial charge in [-0.2, -0.15) is 0 Å². The number of anilines is 1. The van der Waals surface area contributed by atoms with E-state index in [9.17, 15) is 4.79 Å².